The topological polar surface area (TPSA) is 137 Å². The zero-order valence-electron chi connectivity index (χ0n) is 11.9. The van der Waals surface area contributed by atoms with Crippen LogP contribution in [0.4, 0.5) is 0 Å². The lowest BCUT2D eigenvalue weighted by atomic mass is 10.3. The van der Waals surface area contributed by atoms with E-state index in [1.807, 2.05) is 0 Å². The third kappa shape index (κ3) is 3.88. The van der Waals surface area contributed by atoms with Crippen LogP contribution in [0.2, 0.25) is 0 Å². The highest BCUT2D eigenvalue weighted by Crippen LogP contribution is 2.01. The first-order valence-electron chi connectivity index (χ1n) is 6.56. The summed E-state index contributed by atoms with van der Waals surface area (Å²) in [6.07, 6.45) is 3.21. The minimum Gasteiger partial charge on any atom is -0.395 e. The largest absolute Gasteiger partial charge is 0.395 e. The summed E-state index contributed by atoms with van der Waals surface area (Å²) in [6, 6.07) is 0. The van der Waals surface area contributed by atoms with Crippen LogP contribution in [0, 0.1) is 6.92 Å². The van der Waals surface area contributed by atoms with Gasteiger partial charge in [0.05, 0.1) is 19.7 Å². The molecule has 0 saturated carbocycles. The fraction of sp³-hybridized carbons (Fsp3) is 0.417. The standard InChI is InChI=1S/C12H16N6O4/c1-8-11(17-22-16-8)12(21)15-6-10(20)18(4-5-19)7-9-13-2-3-14-9/h2-3,19H,4-7H2,1H3,(H,13,14)(H,15,21). The Kier molecular flexibility index (Phi) is 5.20. The summed E-state index contributed by atoms with van der Waals surface area (Å²) in [7, 11) is 0. The normalized spacial score (nSPS) is 10.5. The molecule has 2 aromatic rings. The van der Waals surface area contributed by atoms with Crippen molar-refractivity contribution in [3.63, 3.8) is 0 Å². The Hall–Kier alpha value is -2.75. The van der Waals surface area contributed by atoms with Crippen molar-refractivity contribution >= 4 is 11.8 Å². The lowest BCUT2D eigenvalue weighted by molar-refractivity contribution is -0.131. The van der Waals surface area contributed by atoms with Crippen molar-refractivity contribution in [2.24, 2.45) is 0 Å². The zero-order chi connectivity index (χ0) is 15.9. The zero-order valence-corrected chi connectivity index (χ0v) is 11.9. The fourth-order valence-corrected chi connectivity index (χ4v) is 1.77. The van der Waals surface area contributed by atoms with E-state index in [-0.39, 0.29) is 37.8 Å². The second kappa shape index (κ2) is 7.31. The number of hydrogen-bond acceptors (Lipinski definition) is 7. The molecule has 118 valence electrons. The summed E-state index contributed by atoms with van der Waals surface area (Å²) in [6.45, 7) is 1.51. The van der Waals surface area contributed by atoms with Gasteiger partial charge in [0.25, 0.3) is 5.91 Å². The van der Waals surface area contributed by atoms with E-state index >= 15 is 0 Å². The number of imidazole rings is 1. The minimum absolute atomic E-state index is 0.0348. The maximum atomic E-state index is 12.1. The van der Waals surface area contributed by atoms with Gasteiger partial charge in [-0.3, -0.25) is 9.59 Å². The molecule has 2 amide bonds. The van der Waals surface area contributed by atoms with Crippen molar-refractivity contribution < 1.29 is 19.3 Å². The average Bonchev–Trinajstić information content (AvgIpc) is 3.15. The van der Waals surface area contributed by atoms with E-state index in [2.05, 4.69) is 30.2 Å². The average molecular weight is 308 g/mol. The van der Waals surface area contributed by atoms with E-state index in [0.29, 0.717) is 11.5 Å². The molecule has 2 heterocycles. The van der Waals surface area contributed by atoms with Crippen LogP contribution >= 0.6 is 0 Å². The first-order chi connectivity index (χ1) is 10.6. The number of hydrogen-bond donors (Lipinski definition) is 3. The van der Waals surface area contributed by atoms with Crippen LogP contribution in [-0.4, -0.2) is 61.8 Å². The van der Waals surface area contributed by atoms with Crippen molar-refractivity contribution in [3.05, 3.63) is 29.6 Å². The van der Waals surface area contributed by atoms with Crippen LogP contribution in [0.1, 0.15) is 22.0 Å². The molecule has 0 aromatic carbocycles. The maximum Gasteiger partial charge on any atom is 0.275 e. The molecule has 10 heteroatoms. The summed E-state index contributed by atoms with van der Waals surface area (Å²) < 4.78 is 4.43. The number of aryl methyl sites for hydroxylation is 1. The predicted molar refractivity (Wildman–Crippen MR) is 72.5 cm³/mol. The Bertz CT molecular complexity index is 623. The third-order valence-corrected chi connectivity index (χ3v) is 2.89. The number of nitrogens with one attached hydrogen (secondary N) is 2. The maximum absolute atomic E-state index is 12.1. The smallest absolute Gasteiger partial charge is 0.275 e. The van der Waals surface area contributed by atoms with Gasteiger partial charge in [-0.2, -0.15) is 0 Å². The van der Waals surface area contributed by atoms with Crippen molar-refractivity contribution in [2.45, 2.75) is 13.5 Å². The SMILES string of the molecule is Cc1nonc1C(=O)NCC(=O)N(CCO)Cc1ncc[nH]1. The lowest BCUT2D eigenvalue weighted by Crippen LogP contribution is -2.41. The summed E-state index contributed by atoms with van der Waals surface area (Å²) >= 11 is 0. The van der Waals surface area contributed by atoms with E-state index in [4.69, 9.17) is 5.11 Å². The molecule has 2 rings (SSSR count). The van der Waals surface area contributed by atoms with Crippen molar-refractivity contribution in [2.75, 3.05) is 19.7 Å². The second-order valence-electron chi connectivity index (χ2n) is 4.46. The van der Waals surface area contributed by atoms with Crippen LogP contribution < -0.4 is 5.32 Å². The number of aliphatic hydroxyl groups is 1. The van der Waals surface area contributed by atoms with Gasteiger partial charge in [0.1, 0.15) is 11.5 Å². The van der Waals surface area contributed by atoms with Gasteiger partial charge in [-0.15, -0.1) is 0 Å². The highest BCUT2D eigenvalue weighted by Gasteiger charge is 2.19. The Morgan fingerprint density at radius 3 is 2.86 bits per heavy atom. The Morgan fingerprint density at radius 1 is 1.45 bits per heavy atom. The first-order valence-corrected chi connectivity index (χ1v) is 6.56. The van der Waals surface area contributed by atoms with Crippen LogP contribution in [-0.2, 0) is 11.3 Å². The fourth-order valence-electron chi connectivity index (χ4n) is 1.77. The second-order valence-corrected chi connectivity index (χ2v) is 4.46. The highest BCUT2D eigenvalue weighted by atomic mass is 16.6. The van der Waals surface area contributed by atoms with Crippen molar-refractivity contribution in [1.82, 2.24) is 30.5 Å². The number of aliphatic hydroxyl groups excluding tert-OH is 1. The van der Waals surface area contributed by atoms with Crippen LogP contribution in [0.25, 0.3) is 0 Å². The van der Waals surface area contributed by atoms with Crippen LogP contribution in [0.15, 0.2) is 17.0 Å². The summed E-state index contributed by atoms with van der Waals surface area (Å²) in [4.78, 5) is 32.2. The van der Waals surface area contributed by atoms with Gasteiger partial charge in [0.2, 0.25) is 5.91 Å². The van der Waals surface area contributed by atoms with E-state index < -0.39 is 5.91 Å². The number of aromatic amines is 1. The quantitative estimate of drug-likeness (QED) is 0.587. The third-order valence-electron chi connectivity index (χ3n) is 2.89. The van der Waals surface area contributed by atoms with Crippen molar-refractivity contribution in [3.8, 4) is 0 Å². The molecular weight excluding hydrogens is 292 g/mol. The number of amides is 2. The molecule has 0 radical (unpaired) electrons. The molecule has 0 bridgehead atoms. The number of carbonyl (C=O) groups excluding carboxylic acids is 2. The molecule has 10 nitrogen and oxygen atoms in total. The number of nitrogens with zero attached hydrogens (tertiary/aromatic N) is 4. The molecule has 3 N–H and O–H groups in total. The van der Waals surface area contributed by atoms with Gasteiger partial charge in [0, 0.05) is 18.9 Å². The molecule has 0 saturated heterocycles. The Morgan fingerprint density at radius 2 is 2.27 bits per heavy atom. The Balaban J connectivity index is 1.90. The monoisotopic (exact) mass is 308 g/mol. The molecule has 2 aromatic heterocycles. The van der Waals surface area contributed by atoms with Gasteiger partial charge in [-0.05, 0) is 12.1 Å². The summed E-state index contributed by atoms with van der Waals surface area (Å²) in [5.41, 5.74) is 0.375. The molecule has 0 aliphatic carbocycles. The lowest BCUT2D eigenvalue weighted by Gasteiger charge is -2.20. The summed E-state index contributed by atoms with van der Waals surface area (Å²) in [5.74, 6) is -0.313. The van der Waals surface area contributed by atoms with E-state index in [1.165, 1.54) is 4.90 Å². The first kappa shape index (κ1) is 15.6. The molecule has 22 heavy (non-hydrogen) atoms. The number of rotatable bonds is 7. The van der Waals surface area contributed by atoms with E-state index in [0.717, 1.165) is 0 Å². The van der Waals surface area contributed by atoms with Crippen molar-refractivity contribution in [1.29, 1.82) is 0 Å². The summed E-state index contributed by atoms with van der Waals surface area (Å²) in [5, 5.41) is 18.4. The predicted octanol–water partition coefficient (Wildman–Crippen LogP) is -1.15. The molecule has 0 unspecified atom stereocenters. The Labute approximate surface area is 125 Å². The number of H-pyrrole nitrogens is 1. The highest BCUT2D eigenvalue weighted by molar-refractivity contribution is 5.95. The van der Waals surface area contributed by atoms with E-state index in [1.54, 1.807) is 19.3 Å². The van der Waals surface area contributed by atoms with Gasteiger partial charge in [0.15, 0.2) is 5.69 Å². The van der Waals surface area contributed by atoms with Gasteiger partial charge in [-0.25, -0.2) is 9.61 Å². The van der Waals surface area contributed by atoms with Gasteiger partial charge in [-0.1, -0.05) is 5.16 Å². The molecular formula is C12H16N6O4. The van der Waals surface area contributed by atoms with E-state index in [9.17, 15) is 9.59 Å². The molecule has 0 fully saturated rings. The van der Waals surface area contributed by atoms with Gasteiger partial charge < -0.3 is 20.3 Å². The molecule has 0 spiro atoms. The number of aromatic nitrogens is 4. The molecule has 0 aliphatic heterocycles. The number of carbonyl (C=O) groups is 2. The molecule has 0 aliphatic rings. The van der Waals surface area contributed by atoms with Gasteiger partial charge >= 0.3 is 0 Å². The minimum atomic E-state index is -0.547. The molecule has 0 atom stereocenters. The van der Waals surface area contributed by atoms with Crippen LogP contribution in [0.3, 0.4) is 0 Å². The van der Waals surface area contributed by atoms with Crippen LogP contribution in [0.5, 0.6) is 0 Å².